The van der Waals surface area contributed by atoms with Crippen LogP contribution in [-0.2, 0) is 0 Å². The Hall–Kier alpha value is 1.02. The van der Waals surface area contributed by atoms with E-state index < -0.39 is 29.3 Å². The maximum absolute atomic E-state index is 7.17. The van der Waals surface area contributed by atoms with Crippen molar-refractivity contribution in [3.8, 4) is 0 Å². The van der Waals surface area contributed by atoms with Gasteiger partial charge in [0.1, 0.15) is 0 Å². The molecule has 0 unspecified atom stereocenters. The second-order valence-corrected chi connectivity index (χ2v) is 1.39. The van der Waals surface area contributed by atoms with E-state index in [1.807, 2.05) is 0 Å². The summed E-state index contributed by atoms with van der Waals surface area (Å²) in [5, 5.41) is 86.0. The summed E-state index contributed by atoms with van der Waals surface area (Å²) in [6.45, 7) is 0. The Kier molecular flexibility index (Phi) is 482. The van der Waals surface area contributed by atoms with E-state index in [1.165, 1.54) is 0 Å². The molecule has 0 spiro atoms. The van der Waals surface area contributed by atoms with Crippen LogP contribution in [0.3, 0.4) is 0 Å². The summed E-state index contributed by atoms with van der Waals surface area (Å²) in [6, 6.07) is 0. The molecule has 0 bridgehead atoms. The monoisotopic (exact) mass is 468 g/mol. The van der Waals surface area contributed by atoms with Crippen LogP contribution in [0.15, 0.2) is 0 Å². The molecule has 0 radical (unpaired) electrons. The summed E-state index contributed by atoms with van der Waals surface area (Å²) >= 11 is 0. The summed E-state index contributed by atoms with van der Waals surface area (Å²) in [7, 11) is -8.67. The quantitative estimate of drug-likeness (QED) is 0.148. The van der Waals surface area contributed by atoms with Crippen LogP contribution < -0.4 is 51.4 Å². The van der Waals surface area contributed by atoms with Crippen LogP contribution >= 0.6 is 0 Å². The zero-order chi connectivity index (χ0) is 14.3. The maximum Gasteiger partial charge on any atom is 1.00 e. The molecule has 27 heteroatoms. The zero-order valence-electron chi connectivity index (χ0n) is 14.7. The Morgan fingerprint density at radius 2 is 0.259 bits per heavy atom. The van der Waals surface area contributed by atoms with Gasteiger partial charge in [-0.1, -0.05) is 0 Å². The van der Waals surface area contributed by atoms with Crippen LogP contribution in [0, 0.1) is 0 Å². The summed E-state index contributed by atoms with van der Waals surface area (Å²) in [6.07, 6.45) is 0. The van der Waals surface area contributed by atoms with Crippen LogP contribution in [0.25, 0.3) is 0 Å². The Bertz CT molecular complexity index is 71.5. The minimum atomic E-state index is -2.17. The molecule has 0 saturated carbocycles. The van der Waals surface area contributed by atoms with Gasteiger partial charge in [-0.05, 0) is 0 Å². The van der Waals surface area contributed by atoms with Gasteiger partial charge in [-0.25, -0.2) is 0 Å². The first-order valence-corrected chi connectivity index (χ1v) is 3.10. The molecule has 0 aromatic rings. The van der Waals surface area contributed by atoms with Crippen LogP contribution in [0.2, 0.25) is 0 Å². The third-order valence-corrected chi connectivity index (χ3v) is 0. The first-order chi connectivity index (χ1) is 6.93. The van der Waals surface area contributed by atoms with E-state index in [0.29, 0.717) is 0 Å². The van der Waals surface area contributed by atoms with Crippen molar-refractivity contribution in [3.63, 3.8) is 0 Å². The Morgan fingerprint density at radius 1 is 0.259 bits per heavy atom. The van der Waals surface area contributed by atoms with Gasteiger partial charge in [0.15, 0.2) is 0 Å². The first-order valence-electron chi connectivity index (χ1n) is 3.10. The predicted molar refractivity (Wildman–Crippen MR) is 86.9 cm³/mol. The van der Waals surface area contributed by atoms with Crippen molar-refractivity contribution in [3.05, 3.63) is 0 Å². The third-order valence-electron chi connectivity index (χ3n) is 0. The normalized spacial score (nSPS) is 4.00. The second kappa shape index (κ2) is 108. The maximum atomic E-state index is 7.17. The van der Waals surface area contributed by atoms with Gasteiger partial charge < -0.3 is 116 Å². The van der Waals surface area contributed by atoms with Crippen molar-refractivity contribution in [2.75, 3.05) is 0 Å². The largest absolute Gasteiger partial charge is 1.00 e. The van der Waals surface area contributed by atoms with E-state index in [-0.39, 0.29) is 108 Å². The van der Waals surface area contributed by atoms with Crippen LogP contribution in [0.5, 0.6) is 0 Å². The number of hydrogen-bond acceptors (Lipinski definition) is 12. The fourth-order valence-electron chi connectivity index (χ4n) is 0. The van der Waals surface area contributed by atoms with Gasteiger partial charge in [0.05, 0.1) is 0 Å². The van der Waals surface area contributed by atoms with Crippen molar-refractivity contribution in [2.24, 2.45) is 0 Å². The van der Waals surface area contributed by atoms with Gasteiger partial charge in [-0.2, -0.15) is 0 Å². The van der Waals surface area contributed by atoms with Gasteiger partial charge in [-0.15, -0.1) is 0 Å². The molecular weight excluding hydrogens is 434 g/mol. The van der Waals surface area contributed by atoms with Crippen molar-refractivity contribution >= 4 is 29.3 Å². The summed E-state index contributed by atoms with van der Waals surface area (Å²) in [5.41, 5.74) is 0. The van der Waals surface area contributed by atoms with Crippen molar-refractivity contribution in [1.29, 1.82) is 0 Å². The Balaban J connectivity index is -0.00000000429. The average Bonchev–Trinajstić information content (AvgIpc) is 1.76. The van der Waals surface area contributed by atoms with Crippen LogP contribution in [-0.4, -0.2) is 144 Å². The van der Waals surface area contributed by atoms with Gasteiger partial charge in [-0.3, -0.25) is 0 Å². The van der Waals surface area contributed by atoms with Gasteiger partial charge in [0.25, 0.3) is 0 Å². The topological polar surface area (TPSA) is 558 Å². The molecule has 32 N–H and O–H groups in total. The van der Waals surface area contributed by atoms with E-state index in [2.05, 4.69) is 0 Å². The van der Waals surface area contributed by atoms with E-state index in [4.69, 9.17) is 60.3 Å². The Labute approximate surface area is 196 Å². The molecule has 0 saturated heterocycles. The van der Waals surface area contributed by atoms with Crippen LogP contribution in [0.1, 0.15) is 1.43 Å². The molecule has 0 amide bonds. The number of hydrogen-bond donors (Lipinski definition) is 12. The SMILES string of the molecule is O.O.O.O.O.O.O.O.O.O.OB(O)O.OB(O)O.OB(O)O.OB(O)O.[H-].[K+]. The fourth-order valence-corrected chi connectivity index (χ4v) is 0. The molecule has 0 aliphatic heterocycles. The molecule has 0 aromatic carbocycles. The average molecular weight is 468 g/mol. The molecule has 0 atom stereocenters. The van der Waals surface area contributed by atoms with Gasteiger partial charge in [0.2, 0.25) is 0 Å². The van der Waals surface area contributed by atoms with E-state index >= 15 is 0 Å². The van der Waals surface area contributed by atoms with Gasteiger partial charge in [0, 0.05) is 0 Å². The van der Waals surface area contributed by atoms with Crippen molar-refractivity contribution < 1.29 is 168 Å². The predicted octanol–water partition coefficient (Wildman–Crippen LogP) is -19.3. The molecule has 27 heavy (non-hydrogen) atoms. The molecule has 0 fully saturated rings. The minimum absolute atomic E-state index is 0. The molecule has 0 rings (SSSR count). The fraction of sp³-hybridized carbons (Fsp3) is 0. The van der Waals surface area contributed by atoms with Gasteiger partial charge >= 0.3 is 80.7 Å². The summed E-state index contributed by atoms with van der Waals surface area (Å²) in [5.74, 6) is 0. The first kappa shape index (κ1) is 121. The molecule has 22 nitrogen and oxygen atoms in total. The Morgan fingerprint density at radius 3 is 0.259 bits per heavy atom. The summed E-state index contributed by atoms with van der Waals surface area (Å²) < 4.78 is 0. The molecule has 0 aromatic heterocycles. The molecule has 0 heterocycles. The minimum Gasteiger partial charge on any atom is -1.00 e. The zero-order valence-corrected chi connectivity index (χ0v) is 16.8. The standard InChI is InChI=1S/4BH3O3.K.10H2O.H/c4*2-1(3)4;;;;;;;;;;;;/h4*2-4H;;10*1H2;/q;;;;+1;;;;;;;;;;;-1. The smallest absolute Gasteiger partial charge is 1.00 e. The van der Waals surface area contributed by atoms with E-state index in [0.717, 1.165) is 0 Å². The van der Waals surface area contributed by atoms with Crippen molar-refractivity contribution in [1.82, 2.24) is 0 Å². The van der Waals surface area contributed by atoms with Crippen LogP contribution in [0.4, 0.5) is 0 Å². The molecule has 0 aliphatic rings. The summed E-state index contributed by atoms with van der Waals surface area (Å²) in [4.78, 5) is 0. The third kappa shape index (κ3) is 16400. The van der Waals surface area contributed by atoms with E-state index in [9.17, 15) is 0 Å². The molecule has 178 valence electrons. The van der Waals surface area contributed by atoms with Crippen molar-refractivity contribution in [2.45, 2.75) is 0 Å². The molecule has 0 aliphatic carbocycles. The second-order valence-electron chi connectivity index (χ2n) is 1.39. The molecular formula is H33B4KO22. The number of rotatable bonds is 0. The van der Waals surface area contributed by atoms with E-state index in [1.54, 1.807) is 0 Å².